The average Bonchev–Trinajstić information content (AvgIpc) is 2.71. The SMILES string of the molecule is C[C@@H](CCO)[C@H](OC(=O)NC(=O)c1ccccc1)c1ccccc1OCCO. The van der Waals surface area contributed by atoms with E-state index in [9.17, 15) is 14.7 Å². The lowest BCUT2D eigenvalue weighted by Crippen LogP contribution is -2.33. The fourth-order valence-electron chi connectivity index (χ4n) is 2.74. The Morgan fingerprint density at radius 1 is 1.00 bits per heavy atom. The van der Waals surface area contributed by atoms with Crippen molar-refractivity contribution < 1.29 is 29.3 Å². The summed E-state index contributed by atoms with van der Waals surface area (Å²) in [5.74, 6) is -0.334. The number of nitrogens with one attached hydrogen (secondary N) is 1. The number of ether oxygens (including phenoxy) is 2. The van der Waals surface area contributed by atoms with Gasteiger partial charge in [0.25, 0.3) is 5.91 Å². The van der Waals surface area contributed by atoms with Crippen molar-refractivity contribution in [3.05, 3.63) is 65.7 Å². The van der Waals surface area contributed by atoms with Crippen LogP contribution in [0.2, 0.25) is 0 Å². The van der Waals surface area contributed by atoms with Crippen LogP contribution in [0.1, 0.15) is 35.4 Å². The van der Waals surface area contributed by atoms with Crippen LogP contribution in [0.25, 0.3) is 0 Å². The molecule has 2 rings (SSSR count). The monoisotopic (exact) mass is 387 g/mol. The van der Waals surface area contributed by atoms with Gasteiger partial charge in [-0.25, -0.2) is 4.79 Å². The molecular weight excluding hydrogens is 362 g/mol. The number of carbonyl (C=O) groups excluding carboxylic acids is 2. The molecule has 0 fully saturated rings. The minimum Gasteiger partial charge on any atom is -0.491 e. The van der Waals surface area contributed by atoms with Crippen LogP contribution >= 0.6 is 0 Å². The number of hydrogen-bond donors (Lipinski definition) is 3. The standard InChI is InChI=1S/C21H25NO6/c1-15(11-12-23)19(17-9-5-6-10-18(17)27-14-13-24)28-21(26)22-20(25)16-7-3-2-4-8-16/h2-10,15,19,23-24H,11-14H2,1H3,(H,22,25,26)/t15-,19-/m0/s1. The van der Waals surface area contributed by atoms with Crippen LogP contribution in [0.3, 0.4) is 0 Å². The fraction of sp³-hybridized carbons (Fsp3) is 0.333. The number of para-hydroxylation sites is 1. The summed E-state index contributed by atoms with van der Waals surface area (Å²) >= 11 is 0. The lowest BCUT2D eigenvalue weighted by atomic mass is 9.94. The highest BCUT2D eigenvalue weighted by Gasteiger charge is 2.27. The summed E-state index contributed by atoms with van der Waals surface area (Å²) < 4.78 is 11.1. The first kappa shape index (κ1) is 21.4. The fourth-order valence-corrected chi connectivity index (χ4v) is 2.74. The van der Waals surface area contributed by atoms with E-state index in [1.165, 1.54) is 0 Å². The number of carbonyl (C=O) groups is 2. The van der Waals surface area contributed by atoms with E-state index in [0.717, 1.165) is 0 Å². The molecule has 2 aromatic carbocycles. The predicted octanol–water partition coefficient (Wildman–Crippen LogP) is 2.68. The third-order valence-corrected chi connectivity index (χ3v) is 4.16. The zero-order valence-corrected chi connectivity index (χ0v) is 15.7. The summed E-state index contributed by atoms with van der Waals surface area (Å²) in [6, 6.07) is 15.3. The number of amides is 2. The second-order valence-corrected chi connectivity index (χ2v) is 6.25. The Bertz CT molecular complexity index is 765. The van der Waals surface area contributed by atoms with E-state index in [0.29, 0.717) is 23.3 Å². The van der Waals surface area contributed by atoms with Crippen LogP contribution in [0, 0.1) is 5.92 Å². The Hall–Kier alpha value is -2.90. The average molecular weight is 387 g/mol. The molecule has 0 aliphatic rings. The quantitative estimate of drug-likeness (QED) is 0.611. The van der Waals surface area contributed by atoms with Crippen LogP contribution in [0.15, 0.2) is 54.6 Å². The molecule has 7 heteroatoms. The molecule has 0 aromatic heterocycles. The van der Waals surface area contributed by atoms with E-state index in [1.54, 1.807) is 54.6 Å². The molecular formula is C21H25NO6. The van der Waals surface area contributed by atoms with Gasteiger partial charge in [0.1, 0.15) is 18.5 Å². The summed E-state index contributed by atoms with van der Waals surface area (Å²) in [5.41, 5.74) is 0.935. The third kappa shape index (κ3) is 6.07. The van der Waals surface area contributed by atoms with E-state index in [-0.39, 0.29) is 25.7 Å². The van der Waals surface area contributed by atoms with Gasteiger partial charge in [0.2, 0.25) is 0 Å². The van der Waals surface area contributed by atoms with Gasteiger partial charge in [-0.15, -0.1) is 0 Å². The van der Waals surface area contributed by atoms with E-state index < -0.39 is 18.1 Å². The van der Waals surface area contributed by atoms with Crippen molar-refractivity contribution in [3.8, 4) is 5.75 Å². The number of aliphatic hydroxyl groups is 2. The minimum atomic E-state index is -0.888. The molecule has 0 bridgehead atoms. The van der Waals surface area contributed by atoms with Gasteiger partial charge >= 0.3 is 6.09 Å². The molecule has 3 N–H and O–H groups in total. The normalized spacial score (nSPS) is 12.7. The number of rotatable bonds is 9. The van der Waals surface area contributed by atoms with Gasteiger partial charge in [0.15, 0.2) is 0 Å². The van der Waals surface area contributed by atoms with E-state index in [4.69, 9.17) is 14.6 Å². The molecule has 150 valence electrons. The Morgan fingerprint density at radius 3 is 2.36 bits per heavy atom. The van der Waals surface area contributed by atoms with Crippen LogP contribution < -0.4 is 10.1 Å². The second-order valence-electron chi connectivity index (χ2n) is 6.25. The molecule has 7 nitrogen and oxygen atoms in total. The summed E-state index contributed by atoms with van der Waals surface area (Å²) in [6.07, 6.45) is -1.25. The Morgan fingerprint density at radius 2 is 1.68 bits per heavy atom. The number of benzene rings is 2. The van der Waals surface area contributed by atoms with Gasteiger partial charge in [0, 0.05) is 17.7 Å². The molecule has 0 aliphatic carbocycles. The van der Waals surface area contributed by atoms with Crippen molar-refractivity contribution in [1.82, 2.24) is 5.32 Å². The van der Waals surface area contributed by atoms with Gasteiger partial charge in [0.05, 0.1) is 6.61 Å². The first-order chi connectivity index (χ1) is 13.6. The molecule has 0 aliphatic heterocycles. The number of aliphatic hydroxyl groups excluding tert-OH is 2. The maximum absolute atomic E-state index is 12.3. The summed E-state index contributed by atoms with van der Waals surface area (Å²) in [7, 11) is 0. The predicted molar refractivity (Wildman–Crippen MR) is 103 cm³/mol. The molecule has 2 aromatic rings. The highest BCUT2D eigenvalue weighted by Crippen LogP contribution is 2.34. The van der Waals surface area contributed by atoms with Crippen LogP contribution in [-0.4, -0.2) is 42.0 Å². The number of imide groups is 1. The molecule has 0 saturated carbocycles. The summed E-state index contributed by atoms with van der Waals surface area (Å²) in [6.45, 7) is 1.69. The Kier molecular flexibility index (Phi) is 8.45. The lowest BCUT2D eigenvalue weighted by molar-refractivity contribution is 0.0525. The summed E-state index contributed by atoms with van der Waals surface area (Å²) in [5, 5.41) is 20.5. The van der Waals surface area contributed by atoms with Crippen molar-refractivity contribution in [1.29, 1.82) is 0 Å². The van der Waals surface area contributed by atoms with Gasteiger partial charge in [-0.2, -0.15) is 0 Å². The van der Waals surface area contributed by atoms with Crippen molar-refractivity contribution in [2.24, 2.45) is 5.92 Å². The lowest BCUT2D eigenvalue weighted by Gasteiger charge is -2.26. The van der Waals surface area contributed by atoms with Gasteiger partial charge in [-0.3, -0.25) is 10.1 Å². The highest BCUT2D eigenvalue weighted by atomic mass is 16.6. The van der Waals surface area contributed by atoms with Crippen molar-refractivity contribution in [2.45, 2.75) is 19.4 Å². The van der Waals surface area contributed by atoms with Crippen LogP contribution in [0.4, 0.5) is 4.79 Å². The minimum absolute atomic E-state index is 0.0781. The second kappa shape index (κ2) is 11.1. The largest absolute Gasteiger partial charge is 0.491 e. The van der Waals surface area contributed by atoms with Gasteiger partial charge < -0.3 is 19.7 Å². The van der Waals surface area contributed by atoms with Crippen LogP contribution in [-0.2, 0) is 4.74 Å². The van der Waals surface area contributed by atoms with Gasteiger partial charge in [-0.1, -0.05) is 43.3 Å². The first-order valence-corrected chi connectivity index (χ1v) is 9.07. The van der Waals surface area contributed by atoms with Crippen molar-refractivity contribution in [2.75, 3.05) is 19.8 Å². The van der Waals surface area contributed by atoms with E-state index in [1.807, 2.05) is 6.92 Å². The zero-order chi connectivity index (χ0) is 20.4. The van der Waals surface area contributed by atoms with Crippen molar-refractivity contribution >= 4 is 12.0 Å². The highest BCUT2D eigenvalue weighted by molar-refractivity contribution is 6.02. The molecule has 0 unspecified atom stereocenters. The molecule has 0 spiro atoms. The maximum Gasteiger partial charge on any atom is 0.414 e. The molecule has 2 amide bonds. The molecule has 0 heterocycles. The maximum atomic E-state index is 12.3. The molecule has 0 saturated heterocycles. The topological polar surface area (TPSA) is 105 Å². The Balaban J connectivity index is 2.17. The van der Waals surface area contributed by atoms with Crippen LogP contribution in [0.5, 0.6) is 5.75 Å². The molecule has 2 atom stereocenters. The summed E-state index contributed by atoms with van der Waals surface area (Å²) in [4.78, 5) is 24.5. The molecule has 0 radical (unpaired) electrons. The Labute approximate surface area is 163 Å². The number of hydrogen-bond acceptors (Lipinski definition) is 6. The van der Waals surface area contributed by atoms with Crippen molar-refractivity contribution in [3.63, 3.8) is 0 Å². The third-order valence-electron chi connectivity index (χ3n) is 4.16. The van der Waals surface area contributed by atoms with E-state index >= 15 is 0 Å². The number of alkyl carbamates (subject to hydrolysis) is 1. The first-order valence-electron chi connectivity index (χ1n) is 9.07. The van der Waals surface area contributed by atoms with E-state index in [2.05, 4.69) is 5.32 Å². The zero-order valence-electron chi connectivity index (χ0n) is 15.7. The van der Waals surface area contributed by atoms with Gasteiger partial charge in [-0.05, 0) is 30.5 Å². The smallest absolute Gasteiger partial charge is 0.414 e. The molecule has 28 heavy (non-hydrogen) atoms.